The SMILES string of the molecule is C[C@]1(CO)C[C@H]2C(n3cnc4c(N)nc(Cl)nc43)[C@@]2(O)[C@@H]1O. The fourth-order valence-corrected chi connectivity index (χ4v) is 4.11. The zero-order valence-electron chi connectivity index (χ0n) is 11.8. The molecule has 118 valence electrons. The van der Waals surface area contributed by atoms with Gasteiger partial charge >= 0.3 is 0 Å². The number of nitrogens with zero attached hydrogens (tertiary/aromatic N) is 4. The summed E-state index contributed by atoms with van der Waals surface area (Å²) in [4.78, 5) is 12.1. The van der Waals surface area contributed by atoms with Gasteiger partial charge in [-0.1, -0.05) is 6.92 Å². The standard InChI is InChI=1S/C13H16ClN5O3/c1-12(3-20)2-5-7(13(5,22)10(12)21)19-4-16-6-8(15)17-11(14)18-9(6)19/h4-5,7,10,20-22H,2-3H2,1H3,(H2,15,17,18)/t5-,7?,10+,12+,13+/m0/s1. The van der Waals surface area contributed by atoms with E-state index in [1.807, 2.05) is 0 Å². The Bertz CT molecular complexity index is 782. The first-order valence-corrected chi connectivity index (χ1v) is 7.37. The molecule has 2 fully saturated rings. The lowest BCUT2D eigenvalue weighted by Crippen LogP contribution is -2.42. The van der Waals surface area contributed by atoms with Gasteiger partial charge in [0.25, 0.3) is 0 Å². The van der Waals surface area contributed by atoms with E-state index in [-0.39, 0.29) is 29.7 Å². The van der Waals surface area contributed by atoms with Crippen LogP contribution >= 0.6 is 11.6 Å². The molecule has 0 spiro atoms. The molecule has 2 aromatic heterocycles. The Morgan fingerprint density at radius 3 is 2.82 bits per heavy atom. The monoisotopic (exact) mass is 325 g/mol. The molecule has 0 saturated heterocycles. The molecule has 5 N–H and O–H groups in total. The Morgan fingerprint density at radius 1 is 1.50 bits per heavy atom. The number of nitrogens with two attached hydrogens (primary N) is 1. The molecule has 0 bridgehead atoms. The van der Waals surface area contributed by atoms with Crippen molar-refractivity contribution < 1.29 is 15.3 Å². The number of halogens is 1. The highest BCUT2D eigenvalue weighted by molar-refractivity contribution is 6.28. The van der Waals surface area contributed by atoms with E-state index in [1.165, 1.54) is 6.33 Å². The van der Waals surface area contributed by atoms with Gasteiger partial charge in [0.2, 0.25) is 5.28 Å². The van der Waals surface area contributed by atoms with Gasteiger partial charge in [0.15, 0.2) is 11.5 Å². The van der Waals surface area contributed by atoms with E-state index in [0.29, 0.717) is 17.6 Å². The van der Waals surface area contributed by atoms with Gasteiger partial charge in [-0.2, -0.15) is 9.97 Å². The van der Waals surface area contributed by atoms with E-state index in [2.05, 4.69) is 15.0 Å². The zero-order chi connectivity index (χ0) is 15.9. The number of hydrogen-bond donors (Lipinski definition) is 4. The van der Waals surface area contributed by atoms with Crippen LogP contribution in [0.1, 0.15) is 19.4 Å². The van der Waals surface area contributed by atoms with Crippen molar-refractivity contribution in [3.8, 4) is 0 Å². The van der Waals surface area contributed by atoms with E-state index in [4.69, 9.17) is 17.3 Å². The lowest BCUT2D eigenvalue weighted by molar-refractivity contribution is -0.0742. The quantitative estimate of drug-likeness (QED) is 0.559. The van der Waals surface area contributed by atoms with E-state index < -0.39 is 17.1 Å². The van der Waals surface area contributed by atoms with Crippen LogP contribution in [-0.4, -0.2) is 53.2 Å². The molecule has 2 heterocycles. The third-order valence-corrected chi connectivity index (χ3v) is 5.38. The maximum Gasteiger partial charge on any atom is 0.226 e. The first-order valence-electron chi connectivity index (χ1n) is 7.00. The number of aliphatic hydroxyl groups excluding tert-OH is 2. The minimum absolute atomic E-state index is 0.00490. The Hall–Kier alpha value is -1.48. The second-order valence-corrected chi connectivity index (χ2v) is 6.90. The fraction of sp³-hybridized carbons (Fsp3) is 0.615. The van der Waals surface area contributed by atoms with Gasteiger partial charge in [0.1, 0.15) is 11.1 Å². The molecule has 0 aliphatic heterocycles. The van der Waals surface area contributed by atoms with Gasteiger partial charge in [0.05, 0.1) is 25.1 Å². The summed E-state index contributed by atoms with van der Waals surface area (Å²) in [7, 11) is 0. The summed E-state index contributed by atoms with van der Waals surface area (Å²) in [5.74, 6) is -0.000639. The number of imidazole rings is 1. The highest BCUT2D eigenvalue weighted by Crippen LogP contribution is 2.69. The van der Waals surface area contributed by atoms with Crippen LogP contribution in [0.15, 0.2) is 6.33 Å². The Balaban J connectivity index is 1.78. The van der Waals surface area contributed by atoms with Crippen molar-refractivity contribution >= 4 is 28.6 Å². The van der Waals surface area contributed by atoms with Crippen LogP contribution in [0.2, 0.25) is 5.28 Å². The average Bonchev–Trinajstić information content (AvgIpc) is 2.78. The molecular weight excluding hydrogens is 310 g/mol. The number of rotatable bonds is 2. The van der Waals surface area contributed by atoms with Crippen molar-refractivity contribution in [1.82, 2.24) is 19.5 Å². The van der Waals surface area contributed by atoms with E-state index >= 15 is 0 Å². The van der Waals surface area contributed by atoms with Crippen molar-refractivity contribution in [2.75, 3.05) is 12.3 Å². The predicted molar refractivity (Wildman–Crippen MR) is 78.0 cm³/mol. The van der Waals surface area contributed by atoms with Gasteiger partial charge in [-0.3, -0.25) is 0 Å². The zero-order valence-corrected chi connectivity index (χ0v) is 12.6. The van der Waals surface area contributed by atoms with E-state index in [9.17, 15) is 15.3 Å². The van der Waals surface area contributed by atoms with Crippen LogP contribution in [0.5, 0.6) is 0 Å². The van der Waals surface area contributed by atoms with E-state index in [0.717, 1.165) is 0 Å². The number of hydrogen-bond acceptors (Lipinski definition) is 7. The summed E-state index contributed by atoms with van der Waals surface area (Å²) in [6.45, 7) is 1.59. The van der Waals surface area contributed by atoms with Gasteiger partial charge in [-0.25, -0.2) is 4.98 Å². The lowest BCUT2D eigenvalue weighted by Gasteiger charge is -2.32. The summed E-state index contributed by atoms with van der Waals surface area (Å²) in [6, 6.07) is -0.363. The molecule has 0 amide bonds. The number of fused-ring (bicyclic) bond motifs is 2. The summed E-state index contributed by atoms with van der Waals surface area (Å²) >= 11 is 5.84. The molecule has 2 aromatic rings. The topological polar surface area (TPSA) is 130 Å². The van der Waals surface area contributed by atoms with Crippen LogP contribution in [0.4, 0.5) is 5.82 Å². The second-order valence-electron chi connectivity index (χ2n) is 6.56. The summed E-state index contributed by atoms with van der Waals surface area (Å²) < 4.78 is 1.68. The van der Waals surface area contributed by atoms with Crippen molar-refractivity contribution in [2.45, 2.75) is 31.1 Å². The summed E-state index contributed by atoms with van der Waals surface area (Å²) in [6.07, 6.45) is 1.02. The van der Waals surface area contributed by atoms with Crippen molar-refractivity contribution in [3.63, 3.8) is 0 Å². The smallest absolute Gasteiger partial charge is 0.226 e. The van der Waals surface area contributed by atoms with Gasteiger partial charge in [-0.05, 0) is 18.0 Å². The lowest BCUT2D eigenvalue weighted by atomic mass is 9.82. The Kier molecular flexibility index (Phi) is 2.62. The minimum Gasteiger partial charge on any atom is -0.396 e. The van der Waals surface area contributed by atoms with Crippen LogP contribution < -0.4 is 5.73 Å². The van der Waals surface area contributed by atoms with Crippen LogP contribution in [-0.2, 0) is 0 Å². The van der Waals surface area contributed by atoms with Crippen molar-refractivity contribution in [3.05, 3.63) is 11.6 Å². The van der Waals surface area contributed by atoms with Gasteiger partial charge in [0, 0.05) is 11.3 Å². The molecule has 0 aromatic carbocycles. The molecule has 1 unspecified atom stereocenters. The molecule has 9 heteroatoms. The highest BCUT2D eigenvalue weighted by atomic mass is 35.5. The Labute approximate surface area is 130 Å². The fourth-order valence-electron chi connectivity index (χ4n) is 3.94. The predicted octanol–water partition coefficient (Wildman–Crippen LogP) is -0.273. The number of anilines is 1. The van der Waals surface area contributed by atoms with Gasteiger partial charge in [-0.15, -0.1) is 0 Å². The summed E-state index contributed by atoms with van der Waals surface area (Å²) in [5.41, 5.74) is 4.63. The molecule has 2 saturated carbocycles. The third kappa shape index (κ3) is 1.50. The van der Waals surface area contributed by atoms with Crippen LogP contribution in [0.3, 0.4) is 0 Å². The first-order chi connectivity index (χ1) is 10.3. The second kappa shape index (κ2) is 4.08. The number of aliphatic hydroxyl groups is 3. The van der Waals surface area contributed by atoms with Crippen molar-refractivity contribution in [2.24, 2.45) is 11.3 Å². The van der Waals surface area contributed by atoms with Crippen LogP contribution in [0, 0.1) is 11.3 Å². The molecule has 22 heavy (non-hydrogen) atoms. The molecule has 8 nitrogen and oxygen atoms in total. The first kappa shape index (κ1) is 14.1. The Morgan fingerprint density at radius 2 is 2.23 bits per heavy atom. The minimum atomic E-state index is -1.29. The molecule has 2 aliphatic rings. The highest BCUT2D eigenvalue weighted by Gasteiger charge is 2.77. The van der Waals surface area contributed by atoms with Crippen molar-refractivity contribution in [1.29, 1.82) is 0 Å². The number of aromatic nitrogens is 4. The third-order valence-electron chi connectivity index (χ3n) is 5.21. The normalized spacial score (nSPS) is 40.1. The maximum atomic E-state index is 10.8. The maximum absolute atomic E-state index is 10.8. The largest absolute Gasteiger partial charge is 0.396 e. The molecule has 0 radical (unpaired) electrons. The molecule has 5 atom stereocenters. The van der Waals surface area contributed by atoms with Gasteiger partial charge < -0.3 is 25.6 Å². The molecule has 2 aliphatic carbocycles. The number of nitrogen functional groups attached to an aromatic ring is 1. The molecular formula is C13H16ClN5O3. The van der Waals surface area contributed by atoms with E-state index in [1.54, 1.807) is 11.5 Å². The average molecular weight is 326 g/mol. The summed E-state index contributed by atoms with van der Waals surface area (Å²) in [5, 5.41) is 30.7. The molecule has 4 rings (SSSR count). The van der Waals surface area contributed by atoms with Crippen LogP contribution in [0.25, 0.3) is 11.2 Å².